The molecule has 184 valence electrons. The Kier molecular flexibility index (Phi) is 7.09. The first kappa shape index (κ1) is 24.3. The fraction of sp³-hybridized carbons (Fsp3) is 0.630. The molecule has 2 aromatic rings. The van der Waals surface area contributed by atoms with Crippen LogP contribution >= 0.6 is 23.1 Å². The maximum absolute atomic E-state index is 13.2. The highest BCUT2D eigenvalue weighted by atomic mass is 32.2. The van der Waals surface area contributed by atoms with Gasteiger partial charge in [-0.2, -0.15) is 0 Å². The Bertz CT molecular complexity index is 1010. The number of morpholine rings is 1. The van der Waals surface area contributed by atoms with Gasteiger partial charge < -0.3 is 14.7 Å². The van der Waals surface area contributed by atoms with Crippen LogP contribution in [0.15, 0.2) is 35.2 Å². The van der Waals surface area contributed by atoms with Gasteiger partial charge in [0.1, 0.15) is 5.01 Å². The van der Waals surface area contributed by atoms with Crippen LogP contribution in [0.3, 0.4) is 0 Å². The second kappa shape index (κ2) is 9.92. The van der Waals surface area contributed by atoms with Crippen molar-refractivity contribution in [1.29, 1.82) is 0 Å². The largest absolute Gasteiger partial charge is 0.392 e. The number of thioether (sulfide) groups is 1. The number of rotatable bonds is 5. The predicted octanol–water partition coefficient (Wildman–Crippen LogP) is 4.98. The lowest BCUT2D eigenvalue weighted by molar-refractivity contribution is -0.148. The highest BCUT2D eigenvalue weighted by Gasteiger charge is 2.54. The second-order valence-corrected chi connectivity index (χ2v) is 12.8. The van der Waals surface area contributed by atoms with Crippen LogP contribution in [0.25, 0.3) is 0 Å². The van der Waals surface area contributed by atoms with E-state index in [2.05, 4.69) is 38.1 Å². The Balaban J connectivity index is 1.32. The van der Waals surface area contributed by atoms with E-state index in [1.807, 2.05) is 41.0 Å². The van der Waals surface area contributed by atoms with Crippen LogP contribution in [0.4, 0.5) is 0 Å². The molecule has 1 aromatic heterocycles. The first-order valence-electron chi connectivity index (χ1n) is 12.6. The molecular formula is C27H36N2O3S2. The Labute approximate surface area is 211 Å². The van der Waals surface area contributed by atoms with Gasteiger partial charge in [-0.3, -0.25) is 4.79 Å². The standard InChI is InChI=1S/C27H36N2O3S2/c1-17(26(31)29-11-13-32-14-12-29)20-9-10-27(3)15-21-24(18(2)23(27)25(20)30)28-22(34-21)16-33-19-7-5-4-6-8-19/h4-8,17-18,20,23,25,30H,9-16H2,1-3H3/t17-,18-,20?,23+,25-,27-/m0/s1. The molecule has 1 saturated carbocycles. The van der Waals surface area contributed by atoms with Crippen molar-refractivity contribution in [2.75, 3.05) is 26.3 Å². The average Bonchev–Trinajstić information content (AvgIpc) is 3.26. The van der Waals surface area contributed by atoms with Crippen LogP contribution in [0.1, 0.15) is 55.1 Å². The molecular weight excluding hydrogens is 464 g/mol. The maximum Gasteiger partial charge on any atom is 0.225 e. The predicted molar refractivity (Wildman–Crippen MR) is 137 cm³/mol. The van der Waals surface area contributed by atoms with Crippen molar-refractivity contribution in [1.82, 2.24) is 9.88 Å². The topological polar surface area (TPSA) is 62.7 Å². The van der Waals surface area contributed by atoms with E-state index in [9.17, 15) is 9.90 Å². The summed E-state index contributed by atoms with van der Waals surface area (Å²) in [5, 5.41) is 12.9. The van der Waals surface area contributed by atoms with Gasteiger partial charge in [-0.1, -0.05) is 39.0 Å². The zero-order chi connectivity index (χ0) is 23.9. The number of benzene rings is 1. The normalized spacial score (nSPS) is 32.1. The van der Waals surface area contributed by atoms with Gasteiger partial charge in [0.05, 0.1) is 30.8 Å². The van der Waals surface area contributed by atoms with E-state index >= 15 is 0 Å². The maximum atomic E-state index is 13.2. The summed E-state index contributed by atoms with van der Waals surface area (Å²) in [7, 11) is 0. The Morgan fingerprint density at radius 2 is 2.06 bits per heavy atom. The number of ether oxygens (including phenoxy) is 1. The van der Waals surface area contributed by atoms with Crippen molar-refractivity contribution in [3.05, 3.63) is 45.9 Å². The Morgan fingerprint density at radius 1 is 1.32 bits per heavy atom. The van der Waals surface area contributed by atoms with Crippen molar-refractivity contribution in [2.24, 2.45) is 23.2 Å². The number of aliphatic hydroxyl groups is 1. The summed E-state index contributed by atoms with van der Waals surface area (Å²) in [6.07, 6.45) is 2.46. The molecule has 2 fully saturated rings. The van der Waals surface area contributed by atoms with Gasteiger partial charge in [-0.15, -0.1) is 23.1 Å². The quantitative estimate of drug-likeness (QED) is 0.587. The third kappa shape index (κ3) is 4.57. The lowest BCUT2D eigenvalue weighted by atomic mass is 9.53. The smallest absolute Gasteiger partial charge is 0.225 e. The number of aromatic nitrogens is 1. The number of thiazole rings is 1. The molecule has 6 atom stereocenters. The van der Waals surface area contributed by atoms with Crippen LogP contribution in [0, 0.1) is 23.2 Å². The molecule has 3 aliphatic rings. The van der Waals surface area contributed by atoms with Gasteiger partial charge in [0.25, 0.3) is 0 Å². The van der Waals surface area contributed by atoms with Crippen LogP contribution < -0.4 is 0 Å². The Hall–Kier alpha value is -1.41. The summed E-state index contributed by atoms with van der Waals surface area (Å²) in [6.45, 7) is 9.17. The minimum atomic E-state index is -0.481. The second-order valence-electron chi connectivity index (χ2n) is 10.6. The summed E-state index contributed by atoms with van der Waals surface area (Å²) in [4.78, 5) is 22.9. The van der Waals surface area contributed by atoms with Gasteiger partial charge in [0, 0.05) is 34.7 Å². The average molecular weight is 501 g/mol. The lowest BCUT2D eigenvalue weighted by Gasteiger charge is -2.53. The number of carbonyl (C=O) groups excluding carboxylic acids is 1. The van der Waals surface area contributed by atoms with Crippen molar-refractivity contribution in [2.45, 2.75) is 62.7 Å². The molecule has 1 amide bonds. The van der Waals surface area contributed by atoms with E-state index in [4.69, 9.17) is 9.72 Å². The number of amides is 1. The van der Waals surface area contributed by atoms with E-state index in [0.29, 0.717) is 26.3 Å². The number of nitrogens with zero attached hydrogens (tertiary/aromatic N) is 2. The molecule has 1 saturated heterocycles. The summed E-state index contributed by atoms with van der Waals surface area (Å²) >= 11 is 3.69. The molecule has 2 aliphatic carbocycles. The summed E-state index contributed by atoms with van der Waals surface area (Å²) in [5.41, 5.74) is 1.24. The number of hydrogen-bond acceptors (Lipinski definition) is 6. The van der Waals surface area contributed by atoms with Crippen molar-refractivity contribution in [3.8, 4) is 0 Å². The van der Waals surface area contributed by atoms with Crippen LogP contribution in [0.2, 0.25) is 0 Å². The number of carbonyl (C=O) groups is 1. The molecule has 1 aliphatic heterocycles. The molecule has 0 spiro atoms. The highest BCUT2D eigenvalue weighted by molar-refractivity contribution is 7.98. The molecule has 2 heterocycles. The lowest BCUT2D eigenvalue weighted by Crippen LogP contribution is -2.54. The van der Waals surface area contributed by atoms with E-state index in [1.54, 1.807) is 0 Å². The number of fused-ring (bicyclic) bond motifs is 2. The molecule has 1 aromatic carbocycles. The first-order chi connectivity index (χ1) is 16.4. The number of hydrogen-bond donors (Lipinski definition) is 1. The molecule has 5 rings (SSSR count). The fourth-order valence-electron chi connectivity index (χ4n) is 6.58. The number of aliphatic hydroxyl groups excluding tert-OH is 1. The minimum Gasteiger partial charge on any atom is -0.392 e. The van der Waals surface area contributed by atoms with Gasteiger partial charge in [0.15, 0.2) is 0 Å². The van der Waals surface area contributed by atoms with Crippen molar-refractivity contribution >= 4 is 29.0 Å². The fourth-order valence-corrected chi connectivity index (χ4v) is 8.86. The SMILES string of the molecule is C[C@H](C(=O)N1CCOCC1)C1CC[C@@]2(C)Cc3sc(CSc4ccccc4)nc3[C@@H](C)[C@@H]2[C@H]1O. The zero-order valence-electron chi connectivity index (χ0n) is 20.4. The highest BCUT2D eigenvalue weighted by Crippen LogP contribution is 2.57. The van der Waals surface area contributed by atoms with E-state index in [-0.39, 0.29) is 35.0 Å². The summed E-state index contributed by atoms with van der Waals surface area (Å²) in [6, 6.07) is 10.5. The molecule has 0 radical (unpaired) electrons. The Morgan fingerprint density at radius 3 is 2.79 bits per heavy atom. The van der Waals surface area contributed by atoms with E-state index in [1.165, 1.54) is 20.5 Å². The van der Waals surface area contributed by atoms with Crippen molar-refractivity contribution in [3.63, 3.8) is 0 Å². The molecule has 7 heteroatoms. The molecule has 34 heavy (non-hydrogen) atoms. The van der Waals surface area contributed by atoms with E-state index in [0.717, 1.165) is 25.0 Å². The molecule has 0 bridgehead atoms. The van der Waals surface area contributed by atoms with Crippen LogP contribution in [-0.2, 0) is 21.7 Å². The third-order valence-corrected chi connectivity index (χ3v) is 10.7. The third-order valence-electron chi connectivity index (χ3n) is 8.43. The summed E-state index contributed by atoms with van der Waals surface area (Å²) < 4.78 is 5.42. The van der Waals surface area contributed by atoms with Gasteiger partial charge >= 0.3 is 0 Å². The molecule has 1 N–H and O–H groups in total. The van der Waals surface area contributed by atoms with Crippen molar-refractivity contribution < 1.29 is 14.6 Å². The first-order valence-corrected chi connectivity index (χ1v) is 14.4. The summed E-state index contributed by atoms with van der Waals surface area (Å²) in [5.74, 6) is 1.23. The van der Waals surface area contributed by atoms with Crippen LogP contribution in [-0.4, -0.2) is 53.3 Å². The van der Waals surface area contributed by atoms with Gasteiger partial charge in [-0.05, 0) is 48.6 Å². The molecule has 5 nitrogen and oxygen atoms in total. The minimum absolute atomic E-state index is 0.00385. The molecule has 1 unspecified atom stereocenters. The van der Waals surface area contributed by atoms with Gasteiger partial charge in [0.2, 0.25) is 5.91 Å². The zero-order valence-corrected chi connectivity index (χ0v) is 22.0. The monoisotopic (exact) mass is 500 g/mol. The van der Waals surface area contributed by atoms with E-state index < -0.39 is 6.10 Å². The van der Waals surface area contributed by atoms with Crippen LogP contribution in [0.5, 0.6) is 0 Å². The van der Waals surface area contributed by atoms with Gasteiger partial charge in [-0.25, -0.2) is 4.98 Å².